The molecule has 0 atom stereocenters. The molecule has 2 saturated heterocycles. The Morgan fingerprint density at radius 1 is 0.943 bits per heavy atom. The maximum Gasteiger partial charge on any atom is 0.354 e. The standard InChI is InChI=1S/C26H35N5O4/c1-26(2,3)35-25(34)20-4-7-23(28-16-20)31-10-8-19(9-11-31)18-29-12-14-30(15-13-29)21-5-6-22(24(32)33)27-17-21/h4-7,16-17,19H,8-15,18H2,1-3H3,(H,32,33). The highest BCUT2D eigenvalue weighted by Crippen LogP contribution is 2.24. The molecule has 1 N–H and O–H groups in total. The van der Waals surface area contributed by atoms with Gasteiger partial charge >= 0.3 is 11.9 Å². The molecule has 35 heavy (non-hydrogen) atoms. The molecule has 0 saturated carbocycles. The van der Waals surface area contributed by atoms with Gasteiger partial charge in [-0.1, -0.05) is 0 Å². The lowest BCUT2D eigenvalue weighted by Gasteiger charge is -2.39. The summed E-state index contributed by atoms with van der Waals surface area (Å²) >= 11 is 0. The van der Waals surface area contributed by atoms with E-state index in [1.165, 1.54) is 0 Å². The minimum absolute atomic E-state index is 0.0768. The Labute approximate surface area is 206 Å². The number of piperazine rings is 1. The number of nitrogens with zero attached hydrogens (tertiary/aromatic N) is 5. The van der Waals surface area contributed by atoms with Crippen LogP contribution in [0.15, 0.2) is 36.7 Å². The average Bonchev–Trinajstić information content (AvgIpc) is 2.84. The molecule has 0 amide bonds. The normalized spacial score (nSPS) is 17.9. The molecule has 9 heteroatoms. The van der Waals surface area contributed by atoms with E-state index in [0.29, 0.717) is 11.5 Å². The van der Waals surface area contributed by atoms with Crippen LogP contribution >= 0.6 is 0 Å². The molecule has 2 aliphatic rings. The quantitative estimate of drug-likeness (QED) is 0.624. The number of piperidine rings is 1. The van der Waals surface area contributed by atoms with Crippen molar-refractivity contribution in [3.63, 3.8) is 0 Å². The van der Waals surface area contributed by atoms with Crippen molar-refractivity contribution in [3.05, 3.63) is 47.9 Å². The maximum absolute atomic E-state index is 12.2. The number of aromatic nitrogens is 2. The summed E-state index contributed by atoms with van der Waals surface area (Å²) in [6.07, 6.45) is 5.51. The number of anilines is 2. The Bertz CT molecular complexity index is 1000. The van der Waals surface area contributed by atoms with Crippen molar-refractivity contribution < 1.29 is 19.4 Å². The summed E-state index contributed by atoms with van der Waals surface area (Å²) in [5.74, 6) is 0.229. The number of carbonyl (C=O) groups is 2. The minimum Gasteiger partial charge on any atom is -0.477 e. The molecule has 4 rings (SSSR count). The van der Waals surface area contributed by atoms with Crippen LogP contribution in [0.3, 0.4) is 0 Å². The van der Waals surface area contributed by atoms with Crippen molar-refractivity contribution in [3.8, 4) is 0 Å². The van der Waals surface area contributed by atoms with Gasteiger partial charge < -0.3 is 19.6 Å². The SMILES string of the molecule is CC(C)(C)OC(=O)c1ccc(N2CCC(CN3CCN(c4ccc(C(=O)O)nc4)CC3)CC2)nc1. The fraction of sp³-hybridized carbons (Fsp3) is 0.538. The number of hydrogen-bond acceptors (Lipinski definition) is 8. The molecule has 188 valence electrons. The lowest BCUT2D eigenvalue weighted by Crippen LogP contribution is -2.49. The van der Waals surface area contributed by atoms with Gasteiger partial charge in [-0.25, -0.2) is 19.6 Å². The number of carboxylic acids is 1. The number of rotatable bonds is 6. The summed E-state index contributed by atoms with van der Waals surface area (Å²) in [4.78, 5) is 38.9. The van der Waals surface area contributed by atoms with Gasteiger partial charge in [0.15, 0.2) is 0 Å². The van der Waals surface area contributed by atoms with Crippen LogP contribution in [-0.4, -0.2) is 83.3 Å². The molecule has 2 aromatic rings. The molecule has 2 fully saturated rings. The summed E-state index contributed by atoms with van der Waals surface area (Å²) in [6.45, 7) is 12.4. The van der Waals surface area contributed by atoms with Crippen molar-refractivity contribution >= 4 is 23.4 Å². The molecule has 0 spiro atoms. The summed E-state index contributed by atoms with van der Waals surface area (Å²) in [6, 6.07) is 7.12. The zero-order valence-electron chi connectivity index (χ0n) is 20.8. The van der Waals surface area contributed by atoms with Gasteiger partial charge in [-0.2, -0.15) is 0 Å². The Morgan fingerprint density at radius 2 is 1.66 bits per heavy atom. The van der Waals surface area contributed by atoms with Crippen LogP contribution < -0.4 is 9.80 Å². The maximum atomic E-state index is 12.2. The van der Waals surface area contributed by atoms with Crippen molar-refractivity contribution in [2.45, 2.75) is 39.2 Å². The smallest absolute Gasteiger partial charge is 0.354 e. The molecule has 0 bridgehead atoms. The molecule has 0 aliphatic carbocycles. The number of ether oxygens (including phenoxy) is 1. The van der Waals surface area contributed by atoms with Crippen molar-refractivity contribution in [1.29, 1.82) is 0 Å². The number of aromatic carboxylic acids is 1. The lowest BCUT2D eigenvalue weighted by atomic mass is 9.96. The van der Waals surface area contributed by atoms with Gasteiger partial charge in [0.1, 0.15) is 17.1 Å². The highest BCUT2D eigenvalue weighted by molar-refractivity contribution is 5.89. The number of hydrogen-bond donors (Lipinski definition) is 1. The Kier molecular flexibility index (Phi) is 7.54. The van der Waals surface area contributed by atoms with Crippen molar-refractivity contribution in [2.75, 3.05) is 55.6 Å². The molecule has 0 aromatic carbocycles. The minimum atomic E-state index is -0.999. The molecular weight excluding hydrogens is 446 g/mol. The third-order valence-electron chi connectivity index (χ3n) is 6.54. The molecule has 9 nitrogen and oxygen atoms in total. The molecular formula is C26H35N5O4. The van der Waals surface area contributed by atoms with Crippen LogP contribution in [0.1, 0.15) is 54.5 Å². The van der Waals surface area contributed by atoms with E-state index in [2.05, 4.69) is 24.7 Å². The number of carbonyl (C=O) groups excluding carboxylic acids is 1. The highest BCUT2D eigenvalue weighted by atomic mass is 16.6. The largest absolute Gasteiger partial charge is 0.477 e. The Morgan fingerprint density at radius 3 is 2.20 bits per heavy atom. The summed E-state index contributed by atoms with van der Waals surface area (Å²) in [5.41, 5.74) is 1.02. The van der Waals surface area contributed by atoms with Gasteiger partial charge in [-0.05, 0) is 63.8 Å². The molecule has 2 aromatic heterocycles. The average molecular weight is 482 g/mol. The van der Waals surface area contributed by atoms with Gasteiger partial charge in [0, 0.05) is 52.0 Å². The first-order chi connectivity index (χ1) is 16.7. The van der Waals surface area contributed by atoms with Gasteiger partial charge in [0.25, 0.3) is 0 Å². The monoisotopic (exact) mass is 481 g/mol. The van der Waals surface area contributed by atoms with Gasteiger partial charge in [-0.15, -0.1) is 0 Å². The van der Waals surface area contributed by atoms with Gasteiger partial charge in [0.05, 0.1) is 17.4 Å². The lowest BCUT2D eigenvalue weighted by molar-refractivity contribution is 0.00689. The van der Waals surface area contributed by atoms with Crippen LogP contribution in [0.4, 0.5) is 11.5 Å². The number of pyridine rings is 2. The highest BCUT2D eigenvalue weighted by Gasteiger charge is 2.25. The van der Waals surface area contributed by atoms with E-state index in [0.717, 1.165) is 70.2 Å². The van der Waals surface area contributed by atoms with E-state index >= 15 is 0 Å². The van der Waals surface area contributed by atoms with Gasteiger partial charge in [0.2, 0.25) is 0 Å². The second-order valence-electron chi connectivity index (χ2n) is 10.3. The Hall–Kier alpha value is -3.20. The predicted molar refractivity (Wildman–Crippen MR) is 134 cm³/mol. The van der Waals surface area contributed by atoms with E-state index in [1.54, 1.807) is 24.5 Å². The van der Waals surface area contributed by atoms with Crippen molar-refractivity contribution in [1.82, 2.24) is 14.9 Å². The molecule has 0 unspecified atom stereocenters. The molecule has 2 aliphatic heterocycles. The van der Waals surface area contributed by atoms with E-state index in [9.17, 15) is 9.59 Å². The first-order valence-corrected chi connectivity index (χ1v) is 12.3. The second-order valence-corrected chi connectivity index (χ2v) is 10.3. The van der Waals surface area contributed by atoms with Crippen LogP contribution in [0.25, 0.3) is 0 Å². The molecule has 4 heterocycles. The third-order valence-corrected chi connectivity index (χ3v) is 6.54. The van der Waals surface area contributed by atoms with E-state index in [1.807, 2.05) is 32.9 Å². The third kappa shape index (κ3) is 6.69. The number of esters is 1. The Balaban J connectivity index is 1.21. The zero-order chi connectivity index (χ0) is 25.0. The van der Waals surface area contributed by atoms with Gasteiger partial charge in [-0.3, -0.25) is 4.90 Å². The fourth-order valence-electron chi connectivity index (χ4n) is 4.63. The predicted octanol–water partition coefficient (Wildman–Crippen LogP) is 3.17. The number of carboxylic acid groups (broad SMARTS) is 1. The summed E-state index contributed by atoms with van der Waals surface area (Å²) < 4.78 is 5.42. The van der Waals surface area contributed by atoms with Crippen LogP contribution in [0, 0.1) is 5.92 Å². The van der Waals surface area contributed by atoms with Crippen LogP contribution in [0.2, 0.25) is 0 Å². The van der Waals surface area contributed by atoms with Crippen LogP contribution in [0.5, 0.6) is 0 Å². The summed E-state index contributed by atoms with van der Waals surface area (Å²) in [5, 5.41) is 9.02. The van der Waals surface area contributed by atoms with Crippen molar-refractivity contribution in [2.24, 2.45) is 5.92 Å². The van der Waals surface area contributed by atoms with Crippen LogP contribution in [-0.2, 0) is 4.74 Å². The fourth-order valence-corrected chi connectivity index (χ4v) is 4.63. The first kappa shape index (κ1) is 24.9. The van der Waals surface area contributed by atoms with E-state index in [4.69, 9.17) is 9.84 Å². The molecule has 0 radical (unpaired) electrons. The second kappa shape index (κ2) is 10.6. The summed E-state index contributed by atoms with van der Waals surface area (Å²) in [7, 11) is 0. The van der Waals surface area contributed by atoms with E-state index in [-0.39, 0.29) is 11.7 Å². The topological polar surface area (TPSA) is 99.1 Å². The first-order valence-electron chi connectivity index (χ1n) is 12.3. The zero-order valence-corrected chi connectivity index (χ0v) is 20.8. The van der Waals surface area contributed by atoms with E-state index < -0.39 is 11.6 Å².